The fraction of sp³-hybridized carbons (Fsp3) is 0.375. The Bertz CT molecular complexity index is 1430. The van der Waals surface area contributed by atoms with E-state index in [0.717, 1.165) is 38.1 Å². The van der Waals surface area contributed by atoms with Gasteiger partial charge in [-0.3, -0.25) is 13.9 Å². The van der Waals surface area contributed by atoms with E-state index in [1.165, 1.54) is 4.90 Å². The molecule has 0 unspecified atom stereocenters. The molecule has 7 nitrogen and oxygen atoms in total. The van der Waals surface area contributed by atoms with Gasteiger partial charge in [0.05, 0.1) is 11.9 Å². The summed E-state index contributed by atoms with van der Waals surface area (Å²) >= 11 is 3.50. The van der Waals surface area contributed by atoms with Crippen molar-refractivity contribution in [3.63, 3.8) is 0 Å². The molecule has 3 rings (SSSR count). The van der Waals surface area contributed by atoms with E-state index in [0.29, 0.717) is 5.69 Å². The zero-order chi connectivity index (χ0) is 30.2. The zero-order valence-electron chi connectivity index (χ0n) is 24.4. The molecule has 0 aromatic heterocycles. The first-order valence-corrected chi connectivity index (χ1v) is 16.5. The van der Waals surface area contributed by atoms with Crippen molar-refractivity contribution in [1.29, 1.82) is 0 Å². The third-order valence-electron chi connectivity index (χ3n) is 7.02. The fourth-order valence-electron chi connectivity index (χ4n) is 4.62. The number of sulfonamides is 1. The Hall–Kier alpha value is -3.17. The number of rotatable bonds is 13. The van der Waals surface area contributed by atoms with Gasteiger partial charge < -0.3 is 10.2 Å². The van der Waals surface area contributed by atoms with Gasteiger partial charge in [-0.25, -0.2) is 8.42 Å². The van der Waals surface area contributed by atoms with Crippen molar-refractivity contribution in [2.75, 3.05) is 17.1 Å². The van der Waals surface area contributed by atoms with Gasteiger partial charge in [-0.2, -0.15) is 0 Å². The van der Waals surface area contributed by atoms with Gasteiger partial charge in [0.25, 0.3) is 0 Å². The maximum Gasteiger partial charge on any atom is 0.244 e. The summed E-state index contributed by atoms with van der Waals surface area (Å²) in [4.78, 5) is 29.6. The molecule has 220 valence electrons. The van der Waals surface area contributed by atoms with E-state index in [2.05, 4.69) is 21.2 Å². The largest absolute Gasteiger partial charge is 0.352 e. The molecule has 3 aromatic carbocycles. The molecule has 0 aliphatic carbocycles. The second-order valence-electron chi connectivity index (χ2n) is 10.7. The van der Waals surface area contributed by atoms with Crippen molar-refractivity contribution in [3.05, 3.63) is 100 Å². The highest BCUT2D eigenvalue weighted by Gasteiger charge is 2.34. The molecular weight excluding hydrogens is 602 g/mol. The Morgan fingerprint density at radius 3 is 2.15 bits per heavy atom. The molecule has 2 amide bonds. The number of anilines is 1. The normalized spacial score (nSPS) is 13.0. The highest BCUT2D eigenvalue weighted by Crippen LogP contribution is 2.29. The number of carbonyl (C=O) groups is 2. The lowest BCUT2D eigenvalue weighted by molar-refractivity contribution is -0.140. The van der Waals surface area contributed by atoms with Gasteiger partial charge in [0.15, 0.2) is 0 Å². The number of nitrogens with zero attached hydrogens (tertiary/aromatic N) is 2. The SMILES string of the molecule is CC[C@@H](C)NC(=O)[C@@H](Cc1ccccc1)N(Cc1cccc(Br)c1)C(=O)CN(c1ccccc1C(C)C)S(C)(=O)=O. The minimum Gasteiger partial charge on any atom is -0.352 e. The lowest BCUT2D eigenvalue weighted by Gasteiger charge is -2.34. The molecular formula is C32H40BrN3O4S. The van der Waals surface area contributed by atoms with Gasteiger partial charge in [-0.15, -0.1) is 0 Å². The van der Waals surface area contributed by atoms with Gasteiger partial charge in [0.2, 0.25) is 21.8 Å². The monoisotopic (exact) mass is 641 g/mol. The van der Waals surface area contributed by atoms with Crippen LogP contribution in [0.1, 0.15) is 56.7 Å². The summed E-state index contributed by atoms with van der Waals surface area (Å²) in [6.45, 7) is 7.57. The molecule has 0 spiro atoms. The summed E-state index contributed by atoms with van der Waals surface area (Å²) in [6, 6.07) is 23.4. The van der Waals surface area contributed by atoms with Crippen LogP contribution in [0.4, 0.5) is 5.69 Å². The van der Waals surface area contributed by atoms with Gasteiger partial charge >= 0.3 is 0 Å². The summed E-state index contributed by atoms with van der Waals surface area (Å²) < 4.78 is 28.2. The molecule has 0 saturated carbocycles. The van der Waals surface area contributed by atoms with Gasteiger partial charge in [0.1, 0.15) is 12.6 Å². The van der Waals surface area contributed by atoms with Crippen molar-refractivity contribution in [3.8, 4) is 0 Å². The quantitative estimate of drug-likeness (QED) is 0.252. The Morgan fingerprint density at radius 2 is 1.54 bits per heavy atom. The first-order valence-electron chi connectivity index (χ1n) is 13.9. The van der Waals surface area contributed by atoms with Crippen LogP contribution < -0.4 is 9.62 Å². The smallest absolute Gasteiger partial charge is 0.244 e. The molecule has 41 heavy (non-hydrogen) atoms. The van der Waals surface area contributed by atoms with E-state index >= 15 is 0 Å². The molecule has 0 fully saturated rings. The third-order valence-corrected chi connectivity index (χ3v) is 8.64. The summed E-state index contributed by atoms with van der Waals surface area (Å²) in [5.41, 5.74) is 2.99. The summed E-state index contributed by atoms with van der Waals surface area (Å²) in [7, 11) is -3.83. The van der Waals surface area contributed by atoms with Crippen molar-refractivity contribution in [2.45, 2.75) is 65.1 Å². The van der Waals surface area contributed by atoms with Crippen LogP contribution in [0.15, 0.2) is 83.3 Å². The number of hydrogen-bond donors (Lipinski definition) is 1. The average molecular weight is 643 g/mol. The molecule has 0 aliphatic rings. The maximum atomic E-state index is 14.3. The second kappa shape index (κ2) is 14.6. The first kappa shape index (κ1) is 32.3. The van der Waals surface area contributed by atoms with Crippen LogP contribution in [-0.2, 0) is 32.6 Å². The van der Waals surface area contributed by atoms with E-state index in [-0.39, 0.29) is 30.8 Å². The van der Waals surface area contributed by atoms with Crippen molar-refractivity contribution < 1.29 is 18.0 Å². The summed E-state index contributed by atoms with van der Waals surface area (Å²) in [6.07, 6.45) is 2.12. The van der Waals surface area contributed by atoms with Crippen LogP contribution in [0.2, 0.25) is 0 Å². The Morgan fingerprint density at radius 1 is 0.902 bits per heavy atom. The van der Waals surface area contributed by atoms with Crippen molar-refractivity contribution in [1.82, 2.24) is 10.2 Å². The highest BCUT2D eigenvalue weighted by atomic mass is 79.9. The minimum atomic E-state index is -3.83. The Balaban J connectivity index is 2.10. The van der Waals surface area contributed by atoms with E-state index in [1.807, 2.05) is 94.4 Å². The van der Waals surface area contributed by atoms with E-state index in [4.69, 9.17) is 0 Å². The average Bonchev–Trinajstić information content (AvgIpc) is 2.93. The topological polar surface area (TPSA) is 86.8 Å². The minimum absolute atomic E-state index is 0.0375. The molecule has 0 saturated heterocycles. The van der Waals surface area contributed by atoms with E-state index in [9.17, 15) is 18.0 Å². The number of benzene rings is 3. The highest BCUT2D eigenvalue weighted by molar-refractivity contribution is 9.10. The molecule has 0 radical (unpaired) electrons. The number of hydrogen-bond acceptors (Lipinski definition) is 4. The number of carbonyl (C=O) groups excluding carboxylic acids is 2. The molecule has 3 aromatic rings. The van der Waals surface area contributed by atoms with Crippen LogP contribution in [0.25, 0.3) is 0 Å². The standard InChI is InChI=1S/C32H40BrN3O4S/c1-6-24(4)34-32(38)30(20-25-13-8-7-9-14-25)35(21-26-15-12-16-27(33)19-26)31(37)22-36(41(5,39)40)29-18-11-10-17-28(29)23(2)3/h7-19,23-24,30H,6,20-22H2,1-5H3,(H,34,38)/t24-,30-/m1/s1. The van der Waals surface area contributed by atoms with Crippen LogP contribution in [0, 0.1) is 0 Å². The predicted molar refractivity (Wildman–Crippen MR) is 169 cm³/mol. The Kier molecular flexibility index (Phi) is 11.5. The molecule has 9 heteroatoms. The molecule has 1 N–H and O–H groups in total. The van der Waals surface area contributed by atoms with Gasteiger partial charge in [-0.05, 0) is 54.2 Å². The van der Waals surface area contributed by atoms with Crippen molar-refractivity contribution >= 4 is 43.5 Å². The number of para-hydroxylation sites is 1. The van der Waals surface area contributed by atoms with Gasteiger partial charge in [0, 0.05) is 23.5 Å². The first-order chi connectivity index (χ1) is 19.4. The fourth-order valence-corrected chi connectivity index (χ4v) is 5.94. The van der Waals surface area contributed by atoms with Crippen LogP contribution in [0.3, 0.4) is 0 Å². The van der Waals surface area contributed by atoms with E-state index < -0.39 is 28.5 Å². The second-order valence-corrected chi connectivity index (χ2v) is 13.5. The molecule has 0 aliphatic heterocycles. The van der Waals surface area contributed by atoms with Crippen LogP contribution in [-0.4, -0.2) is 50.0 Å². The van der Waals surface area contributed by atoms with Gasteiger partial charge in [-0.1, -0.05) is 97.4 Å². The number of halogens is 1. The van der Waals surface area contributed by atoms with E-state index in [1.54, 1.807) is 12.1 Å². The number of nitrogens with one attached hydrogen (secondary N) is 1. The Labute approximate surface area is 253 Å². The molecule has 0 bridgehead atoms. The lowest BCUT2D eigenvalue weighted by Crippen LogP contribution is -2.54. The molecule has 2 atom stereocenters. The van der Waals surface area contributed by atoms with Crippen LogP contribution in [0.5, 0.6) is 0 Å². The summed E-state index contributed by atoms with van der Waals surface area (Å²) in [5.74, 6) is -0.704. The predicted octanol–water partition coefficient (Wildman–Crippen LogP) is 5.89. The van der Waals surface area contributed by atoms with Crippen LogP contribution >= 0.6 is 15.9 Å². The molecule has 0 heterocycles. The zero-order valence-corrected chi connectivity index (χ0v) is 26.8. The number of amides is 2. The summed E-state index contributed by atoms with van der Waals surface area (Å²) in [5, 5.41) is 3.05. The van der Waals surface area contributed by atoms with Crippen molar-refractivity contribution in [2.24, 2.45) is 0 Å². The maximum absolute atomic E-state index is 14.3. The third kappa shape index (κ3) is 9.16. The lowest BCUT2D eigenvalue weighted by atomic mass is 10.0.